The highest BCUT2D eigenvalue weighted by Crippen LogP contribution is 2.40. The van der Waals surface area contributed by atoms with Gasteiger partial charge in [0.25, 0.3) is 0 Å². The molecule has 0 spiro atoms. The fourth-order valence-electron chi connectivity index (χ4n) is 4.93. The average Bonchev–Trinajstić information content (AvgIpc) is 2.92. The van der Waals surface area contributed by atoms with Gasteiger partial charge in [0.2, 0.25) is 5.91 Å². The number of carbonyl (C=O) groups excluding carboxylic acids is 1. The minimum Gasteiger partial charge on any atom is -0.508 e. The first kappa shape index (κ1) is 26.9. The molecule has 3 aromatic rings. The molecule has 1 atom stereocenters. The molecule has 37 heavy (non-hydrogen) atoms. The Morgan fingerprint density at radius 3 is 2.43 bits per heavy atom. The van der Waals surface area contributed by atoms with Crippen molar-refractivity contribution in [1.82, 2.24) is 5.32 Å². The largest absolute Gasteiger partial charge is 0.508 e. The van der Waals surface area contributed by atoms with Crippen LogP contribution in [-0.2, 0) is 14.9 Å². The second kappa shape index (κ2) is 12.0. The van der Waals surface area contributed by atoms with Gasteiger partial charge in [-0.15, -0.1) is 0 Å². The predicted molar refractivity (Wildman–Crippen MR) is 143 cm³/mol. The third-order valence-electron chi connectivity index (χ3n) is 7.10. The van der Waals surface area contributed by atoms with Crippen LogP contribution in [0.3, 0.4) is 0 Å². The Morgan fingerprint density at radius 1 is 1.05 bits per heavy atom. The number of amides is 1. The van der Waals surface area contributed by atoms with E-state index in [2.05, 4.69) is 21.2 Å². The lowest BCUT2D eigenvalue weighted by Gasteiger charge is -2.38. The molecule has 0 bridgehead atoms. The molecule has 2 N–H and O–H groups in total. The maximum Gasteiger partial charge on any atom is 0.220 e. The van der Waals surface area contributed by atoms with Crippen LogP contribution in [0.15, 0.2) is 65.1 Å². The van der Waals surface area contributed by atoms with Crippen LogP contribution in [0.4, 0.5) is 4.39 Å². The number of methoxy groups -OCH3 is 2. The van der Waals surface area contributed by atoms with Crippen molar-refractivity contribution in [1.29, 1.82) is 0 Å². The van der Waals surface area contributed by atoms with Gasteiger partial charge in [0.1, 0.15) is 11.6 Å². The normalized spacial score (nSPS) is 15.6. The van der Waals surface area contributed by atoms with E-state index in [4.69, 9.17) is 14.2 Å². The first-order chi connectivity index (χ1) is 17.8. The highest BCUT2D eigenvalue weighted by atomic mass is 79.9. The first-order valence-corrected chi connectivity index (χ1v) is 13.0. The molecule has 0 aliphatic carbocycles. The van der Waals surface area contributed by atoms with Crippen molar-refractivity contribution in [3.63, 3.8) is 0 Å². The number of nitrogens with one attached hydrogen (secondary N) is 1. The Labute approximate surface area is 224 Å². The zero-order valence-corrected chi connectivity index (χ0v) is 22.5. The Bertz CT molecular complexity index is 1230. The van der Waals surface area contributed by atoms with Gasteiger partial charge in [-0.05, 0) is 66.4 Å². The van der Waals surface area contributed by atoms with E-state index in [-0.39, 0.29) is 29.3 Å². The van der Waals surface area contributed by atoms with Crippen molar-refractivity contribution in [2.24, 2.45) is 0 Å². The van der Waals surface area contributed by atoms with E-state index >= 15 is 0 Å². The molecule has 1 heterocycles. The molecule has 0 saturated carbocycles. The number of phenols is 1. The highest BCUT2D eigenvalue weighted by Gasteiger charge is 2.36. The third kappa shape index (κ3) is 6.25. The van der Waals surface area contributed by atoms with Crippen molar-refractivity contribution in [2.75, 3.05) is 34.0 Å². The van der Waals surface area contributed by atoms with Gasteiger partial charge in [-0.1, -0.05) is 34.1 Å². The fraction of sp³-hybridized carbons (Fsp3) is 0.345. The van der Waals surface area contributed by atoms with E-state index in [1.165, 1.54) is 12.1 Å². The number of phenolic OH excluding ortho intramolecular Hbond substituents is 1. The summed E-state index contributed by atoms with van der Waals surface area (Å²) in [7, 11) is 3.20. The van der Waals surface area contributed by atoms with Crippen LogP contribution in [0, 0.1) is 5.82 Å². The summed E-state index contributed by atoms with van der Waals surface area (Å²) < 4.78 is 31.0. The summed E-state index contributed by atoms with van der Waals surface area (Å²) in [6, 6.07) is 17.0. The second-order valence-electron chi connectivity index (χ2n) is 9.25. The maximum atomic E-state index is 13.6. The molecule has 1 amide bonds. The van der Waals surface area contributed by atoms with E-state index in [1.54, 1.807) is 44.6 Å². The number of carbonyl (C=O) groups is 1. The Morgan fingerprint density at radius 2 is 1.76 bits per heavy atom. The Balaban J connectivity index is 1.58. The zero-order valence-electron chi connectivity index (χ0n) is 20.9. The molecule has 1 fully saturated rings. The van der Waals surface area contributed by atoms with Gasteiger partial charge in [-0.2, -0.15) is 0 Å². The van der Waals surface area contributed by atoms with Crippen LogP contribution in [0.5, 0.6) is 17.2 Å². The monoisotopic (exact) mass is 571 g/mol. The number of halogens is 2. The van der Waals surface area contributed by atoms with E-state index in [9.17, 15) is 14.3 Å². The minimum atomic E-state index is -0.454. The van der Waals surface area contributed by atoms with Gasteiger partial charge >= 0.3 is 0 Å². The molecule has 196 valence electrons. The number of benzene rings is 3. The van der Waals surface area contributed by atoms with E-state index < -0.39 is 5.92 Å². The molecule has 0 radical (unpaired) electrons. The summed E-state index contributed by atoms with van der Waals surface area (Å²) in [5, 5.41) is 13.7. The average molecular weight is 572 g/mol. The Hall–Kier alpha value is -3.10. The summed E-state index contributed by atoms with van der Waals surface area (Å²) in [6.45, 7) is 1.61. The van der Waals surface area contributed by atoms with Gasteiger partial charge in [0, 0.05) is 47.5 Å². The molecule has 0 unspecified atom stereocenters. The lowest BCUT2D eigenvalue weighted by molar-refractivity contribution is -0.121. The van der Waals surface area contributed by atoms with Crippen molar-refractivity contribution in [2.45, 2.75) is 30.6 Å². The first-order valence-electron chi connectivity index (χ1n) is 12.2. The topological polar surface area (TPSA) is 77.0 Å². The molecule has 1 saturated heterocycles. The standard InChI is InChI=1S/C29H31BrFNO5/c1-35-26-10-5-20(15-27(26)36-2)29(11-13-37-14-12-29)18-32-28(34)17-23(19-3-7-22(31)8-4-19)24-16-21(30)6-9-25(24)33/h3-10,15-16,23,33H,11-14,17-18H2,1-2H3,(H,32,34)/t23-/m0/s1. The molecular weight excluding hydrogens is 541 g/mol. The van der Waals surface area contributed by atoms with E-state index in [0.29, 0.717) is 36.8 Å². The van der Waals surface area contributed by atoms with E-state index in [0.717, 1.165) is 28.4 Å². The van der Waals surface area contributed by atoms with Crippen molar-refractivity contribution in [3.8, 4) is 17.2 Å². The molecule has 8 heteroatoms. The number of hydrogen-bond acceptors (Lipinski definition) is 5. The number of aromatic hydroxyl groups is 1. The summed E-state index contributed by atoms with van der Waals surface area (Å²) in [5.74, 6) is 0.385. The Kier molecular flexibility index (Phi) is 8.71. The quantitative estimate of drug-likeness (QED) is 0.344. The van der Waals surface area contributed by atoms with Crippen LogP contribution in [0.25, 0.3) is 0 Å². The highest BCUT2D eigenvalue weighted by molar-refractivity contribution is 9.10. The molecule has 0 aromatic heterocycles. The van der Waals surface area contributed by atoms with Crippen LogP contribution in [0.1, 0.15) is 41.9 Å². The molecule has 1 aliphatic rings. The van der Waals surface area contributed by atoms with E-state index in [1.807, 2.05) is 18.2 Å². The lowest BCUT2D eigenvalue weighted by atomic mass is 9.74. The van der Waals surface area contributed by atoms with Gasteiger partial charge in [0.15, 0.2) is 11.5 Å². The summed E-state index contributed by atoms with van der Waals surface area (Å²) in [5.41, 5.74) is 2.06. The summed E-state index contributed by atoms with van der Waals surface area (Å²) in [6.07, 6.45) is 1.58. The fourth-order valence-corrected chi connectivity index (χ4v) is 5.31. The van der Waals surface area contributed by atoms with Crippen LogP contribution in [0.2, 0.25) is 0 Å². The molecule has 6 nitrogen and oxygen atoms in total. The summed E-state index contributed by atoms with van der Waals surface area (Å²) >= 11 is 3.45. The molecular formula is C29H31BrFNO5. The maximum absolute atomic E-state index is 13.6. The van der Waals surface area contributed by atoms with Gasteiger partial charge in [-0.25, -0.2) is 4.39 Å². The van der Waals surface area contributed by atoms with Crippen molar-refractivity contribution >= 4 is 21.8 Å². The predicted octanol–water partition coefficient (Wildman–Crippen LogP) is 5.70. The molecule has 4 rings (SSSR count). The zero-order chi connectivity index (χ0) is 26.4. The number of ether oxygens (including phenoxy) is 3. The number of hydrogen-bond donors (Lipinski definition) is 2. The van der Waals surface area contributed by atoms with Crippen LogP contribution < -0.4 is 14.8 Å². The minimum absolute atomic E-state index is 0.0801. The summed E-state index contributed by atoms with van der Waals surface area (Å²) in [4.78, 5) is 13.3. The van der Waals surface area contributed by atoms with Crippen LogP contribution >= 0.6 is 15.9 Å². The van der Waals surface area contributed by atoms with Gasteiger partial charge in [0.05, 0.1) is 14.2 Å². The molecule has 3 aromatic carbocycles. The van der Waals surface area contributed by atoms with Gasteiger partial charge < -0.3 is 24.6 Å². The number of rotatable bonds is 9. The molecule has 1 aliphatic heterocycles. The lowest BCUT2D eigenvalue weighted by Crippen LogP contribution is -2.44. The van der Waals surface area contributed by atoms with Crippen LogP contribution in [-0.4, -0.2) is 45.0 Å². The SMILES string of the molecule is COc1ccc(C2(CNC(=O)C[C@@H](c3ccc(F)cc3)c3cc(Br)ccc3O)CCOCC2)cc1OC. The smallest absolute Gasteiger partial charge is 0.220 e. The van der Waals surface area contributed by atoms with Crippen molar-refractivity contribution < 1.29 is 28.5 Å². The second-order valence-corrected chi connectivity index (χ2v) is 10.2. The van der Waals surface area contributed by atoms with Gasteiger partial charge in [-0.3, -0.25) is 4.79 Å². The third-order valence-corrected chi connectivity index (χ3v) is 7.59. The van der Waals surface area contributed by atoms with Crippen molar-refractivity contribution in [3.05, 3.63) is 87.6 Å².